The van der Waals surface area contributed by atoms with Crippen molar-refractivity contribution in [1.82, 2.24) is 5.32 Å². The lowest BCUT2D eigenvalue weighted by atomic mass is 9.97. The smallest absolute Gasteiger partial charge is 0.313 e. The molecule has 1 unspecified atom stereocenters. The first-order valence-corrected chi connectivity index (χ1v) is 14.3. The lowest BCUT2D eigenvalue weighted by molar-refractivity contribution is -0.176. The normalized spacial score (nSPS) is 11.6. The minimum Gasteiger partial charge on any atom is -0.435 e. The number of Topliss-reactive ketones (excluding diaryl/α,β-unsaturated/α-hetero) is 2. The van der Waals surface area contributed by atoms with E-state index in [4.69, 9.17) is 10.1 Å². The maximum absolute atomic E-state index is 13.0. The molecule has 3 aromatic carbocycles. The van der Waals surface area contributed by atoms with E-state index in [0.717, 1.165) is 5.56 Å². The summed E-state index contributed by atoms with van der Waals surface area (Å²) in [5.41, 5.74) is 1.49. The van der Waals surface area contributed by atoms with Gasteiger partial charge in [0.25, 0.3) is 0 Å². The molecule has 0 spiro atoms. The second-order valence-corrected chi connectivity index (χ2v) is 10.7. The molecule has 0 aliphatic heterocycles. The van der Waals surface area contributed by atoms with Crippen molar-refractivity contribution in [2.45, 2.75) is 53.8 Å². The van der Waals surface area contributed by atoms with Crippen molar-refractivity contribution in [3.63, 3.8) is 0 Å². The molecule has 3 aromatic rings. The zero-order valence-corrected chi connectivity index (χ0v) is 25.6. The number of nitrogens with one attached hydrogen (secondary N) is 2. The number of rotatable bonds is 12. The van der Waals surface area contributed by atoms with Gasteiger partial charge in [-0.2, -0.15) is 0 Å². The van der Waals surface area contributed by atoms with E-state index in [9.17, 15) is 28.7 Å². The Morgan fingerprint density at radius 3 is 1.89 bits per heavy atom. The maximum atomic E-state index is 13.0. The Morgan fingerprint density at radius 2 is 1.36 bits per heavy atom. The number of ketones is 2. The third kappa shape index (κ3) is 11.1. The highest BCUT2D eigenvalue weighted by molar-refractivity contribution is 6.49. The lowest BCUT2D eigenvalue weighted by Gasteiger charge is -2.20. The summed E-state index contributed by atoms with van der Waals surface area (Å²) in [6, 6.07) is 18.1. The molecule has 232 valence electrons. The molecule has 0 aromatic heterocycles. The molecule has 0 radical (unpaired) electrons. The Balaban J connectivity index is 0.00000330. The first-order valence-electron chi connectivity index (χ1n) is 14.3. The molecule has 0 aliphatic rings. The van der Waals surface area contributed by atoms with Gasteiger partial charge in [0.1, 0.15) is 5.82 Å². The molecule has 1 amide bonds. The number of carbonyl (C=O) groups is 4. The predicted octanol–water partition coefficient (Wildman–Crippen LogP) is 5.96. The van der Waals surface area contributed by atoms with Crippen molar-refractivity contribution >= 4 is 35.2 Å². The van der Waals surface area contributed by atoms with Crippen LogP contribution >= 0.6 is 0 Å². The summed E-state index contributed by atoms with van der Waals surface area (Å²) >= 11 is 0. The third-order valence-corrected chi connectivity index (χ3v) is 6.16. The van der Waals surface area contributed by atoms with Gasteiger partial charge in [-0.05, 0) is 62.1 Å². The summed E-state index contributed by atoms with van der Waals surface area (Å²) < 4.78 is 17.9. The summed E-state index contributed by atoms with van der Waals surface area (Å²) in [5, 5.41) is 20.9. The summed E-state index contributed by atoms with van der Waals surface area (Å²) in [7, 11) is 0. The van der Waals surface area contributed by atoms with Crippen molar-refractivity contribution in [2.24, 2.45) is 5.41 Å². The van der Waals surface area contributed by atoms with Crippen LogP contribution in [-0.2, 0) is 20.7 Å². The van der Waals surface area contributed by atoms with Crippen molar-refractivity contribution < 1.29 is 33.4 Å². The monoisotopic (exact) mass is 602 g/mol. The number of amides is 1. The summed E-state index contributed by atoms with van der Waals surface area (Å²) in [6.07, 6.45) is 1.80. The van der Waals surface area contributed by atoms with Gasteiger partial charge in [0.2, 0.25) is 23.8 Å². The molecule has 0 saturated heterocycles. The van der Waals surface area contributed by atoms with E-state index in [1.54, 1.807) is 51.1 Å². The van der Waals surface area contributed by atoms with Crippen LogP contribution in [0.5, 0.6) is 0 Å². The van der Waals surface area contributed by atoms with E-state index < -0.39 is 29.2 Å². The molecule has 3 rings (SSSR count). The molecular formula is C35H39FN2O6. The Labute approximate surface area is 257 Å². The lowest BCUT2D eigenvalue weighted by Crippen LogP contribution is -2.29. The minimum absolute atomic E-state index is 0.000242. The number of aliphatic hydroxyl groups excluding tert-OH is 1. The number of carbonyl (C=O) groups excluding carboxylic acids is 4. The molecule has 0 fully saturated rings. The van der Waals surface area contributed by atoms with Gasteiger partial charge in [0, 0.05) is 29.5 Å². The zero-order valence-electron chi connectivity index (χ0n) is 25.6. The van der Waals surface area contributed by atoms with Crippen LogP contribution in [0.1, 0.15) is 78.4 Å². The minimum atomic E-state index is -1.48. The van der Waals surface area contributed by atoms with Crippen molar-refractivity contribution in [1.29, 1.82) is 5.41 Å². The van der Waals surface area contributed by atoms with Gasteiger partial charge >= 0.3 is 5.97 Å². The van der Waals surface area contributed by atoms with E-state index >= 15 is 0 Å². The van der Waals surface area contributed by atoms with Gasteiger partial charge in [0.05, 0.1) is 11.8 Å². The highest BCUT2D eigenvalue weighted by Crippen LogP contribution is 2.18. The third-order valence-electron chi connectivity index (χ3n) is 6.16. The number of aliphatic hydroxyl groups is 1. The Bertz CT molecular complexity index is 1470. The largest absolute Gasteiger partial charge is 0.435 e. The molecule has 0 bridgehead atoms. The number of esters is 1. The Kier molecular flexibility index (Phi) is 13.5. The molecule has 8 nitrogen and oxygen atoms in total. The molecule has 1 atom stereocenters. The van der Waals surface area contributed by atoms with E-state index in [1.807, 2.05) is 13.8 Å². The topological polar surface area (TPSA) is 134 Å². The standard InChI is InChI=1S/C33H33FN2O6.C2H6/c1-33(2,3)32(41)42-29(38)20-27(35)23-11-13-25(14-12-23)31(40)30(39)24-9-4-21(5-10-24)8-17-28(37)36-19-18-22-6-15-26(34)16-7-22;1-2/h4-17,29,35,38H,18-20H2,1-3H3,(H,36,37);1-2H3/b17-8+,35-27?;. The first kappa shape index (κ1) is 35.4. The fourth-order valence-electron chi connectivity index (χ4n) is 3.68. The molecule has 9 heteroatoms. The fourth-order valence-corrected chi connectivity index (χ4v) is 3.68. The maximum Gasteiger partial charge on any atom is 0.313 e. The average molecular weight is 603 g/mol. The van der Waals surface area contributed by atoms with Crippen LogP contribution in [0.25, 0.3) is 6.08 Å². The van der Waals surface area contributed by atoms with E-state index in [1.165, 1.54) is 54.6 Å². The highest BCUT2D eigenvalue weighted by atomic mass is 19.1. The van der Waals surface area contributed by atoms with Crippen molar-refractivity contribution in [2.75, 3.05) is 6.54 Å². The van der Waals surface area contributed by atoms with Crippen LogP contribution in [0.15, 0.2) is 78.9 Å². The summed E-state index contributed by atoms with van der Waals surface area (Å²) in [5.74, 6) is -2.64. The predicted molar refractivity (Wildman–Crippen MR) is 168 cm³/mol. The van der Waals surface area contributed by atoms with Crippen LogP contribution in [-0.4, -0.2) is 47.1 Å². The second kappa shape index (κ2) is 16.8. The van der Waals surface area contributed by atoms with E-state index in [0.29, 0.717) is 24.1 Å². The molecule has 3 N–H and O–H groups in total. The number of hydrogen-bond acceptors (Lipinski definition) is 7. The van der Waals surface area contributed by atoms with Gasteiger partial charge in [-0.3, -0.25) is 19.2 Å². The Morgan fingerprint density at radius 1 is 0.864 bits per heavy atom. The first-order chi connectivity index (χ1) is 20.8. The van der Waals surface area contributed by atoms with Crippen molar-refractivity contribution in [3.05, 3.63) is 113 Å². The van der Waals surface area contributed by atoms with Crippen LogP contribution in [0.3, 0.4) is 0 Å². The van der Waals surface area contributed by atoms with Crippen LogP contribution in [0, 0.1) is 16.6 Å². The van der Waals surface area contributed by atoms with Crippen LogP contribution in [0.4, 0.5) is 4.39 Å². The van der Waals surface area contributed by atoms with Gasteiger partial charge in [-0.15, -0.1) is 0 Å². The average Bonchev–Trinajstić information content (AvgIpc) is 3.01. The molecule has 0 aliphatic carbocycles. The van der Waals surface area contributed by atoms with Gasteiger partial charge in [-0.25, -0.2) is 4.39 Å². The van der Waals surface area contributed by atoms with E-state index in [2.05, 4.69) is 5.32 Å². The number of benzene rings is 3. The summed E-state index contributed by atoms with van der Waals surface area (Å²) in [6.45, 7) is 9.34. The summed E-state index contributed by atoms with van der Waals surface area (Å²) in [4.78, 5) is 49.5. The second-order valence-electron chi connectivity index (χ2n) is 10.7. The molecular weight excluding hydrogens is 563 g/mol. The fraction of sp³-hybridized carbons (Fsp3) is 0.286. The molecule has 44 heavy (non-hydrogen) atoms. The molecule has 0 saturated carbocycles. The highest BCUT2D eigenvalue weighted by Gasteiger charge is 2.26. The zero-order chi connectivity index (χ0) is 32.9. The van der Waals surface area contributed by atoms with Gasteiger partial charge in [-0.1, -0.05) is 74.5 Å². The van der Waals surface area contributed by atoms with Crippen molar-refractivity contribution in [3.8, 4) is 0 Å². The van der Waals surface area contributed by atoms with Gasteiger partial charge in [0.15, 0.2) is 0 Å². The number of halogens is 1. The SMILES string of the molecule is CC.CC(C)(C)C(=O)OC(O)CC(=N)c1ccc(C(=O)C(=O)c2ccc(/C=C/C(=O)NCCc3ccc(F)cc3)cc2)cc1. The Hall–Kier alpha value is -4.76. The van der Waals surface area contributed by atoms with Crippen LogP contribution in [0.2, 0.25) is 0 Å². The van der Waals surface area contributed by atoms with Crippen LogP contribution < -0.4 is 5.32 Å². The number of ether oxygens (including phenoxy) is 1. The van der Waals surface area contributed by atoms with E-state index in [-0.39, 0.29) is 35.0 Å². The quantitative estimate of drug-likeness (QED) is 0.0586. The van der Waals surface area contributed by atoms with Gasteiger partial charge < -0.3 is 20.6 Å². The number of hydrogen-bond donors (Lipinski definition) is 3. The molecule has 0 heterocycles.